The summed E-state index contributed by atoms with van der Waals surface area (Å²) in [4.78, 5) is 26.1. The lowest BCUT2D eigenvalue weighted by Gasteiger charge is -2.24. The molecule has 3 unspecified atom stereocenters. The van der Waals surface area contributed by atoms with Gasteiger partial charge in [0, 0.05) is 6.42 Å². The van der Waals surface area contributed by atoms with Gasteiger partial charge in [-0.15, -0.1) is 0 Å². The van der Waals surface area contributed by atoms with Crippen LogP contribution in [0.3, 0.4) is 0 Å². The number of aliphatic hydroxyl groups excluding tert-OH is 2. The molecule has 0 aromatic carbocycles. The molecule has 1 amide bonds. The molecule has 352 valence electrons. The largest absolute Gasteiger partial charge is 0.462 e. The van der Waals surface area contributed by atoms with E-state index in [2.05, 4.69) is 62.5 Å². The summed E-state index contributed by atoms with van der Waals surface area (Å²) < 4.78 is 5.93. The summed E-state index contributed by atoms with van der Waals surface area (Å²) in [6.45, 7) is 6.36. The lowest BCUT2D eigenvalue weighted by atomic mass is 10.0. The van der Waals surface area contributed by atoms with E-state index in [9.17, 15) is 19.8 Å². The van der Waals surface area contributed by atoms with Crippen LogP contribution in [0.25, 0.3) is 0 Å². The third-order valence-corrected chi connectivity index (χ3v) is 12.0. The highest BCUT2D eigenvalue weighted by atomic mass is 16.5. The SMILES string of the molecule is CC/C=C/C=C/C=C/CCCCCCCC(CC(=O)NC(CO)C(O)CCCCCCCCCCCCC)OC(=O)CCCCCCCCCCCCCCCCCCC. The van der Waals surface area contributed by atoms with Crippen LogP contribution in [0.2, 0.25) is 0 Å². The Morgan fingerprint density at radius 3 is 1.35 bits per heavy atom. The fourth-order valence-corrected chi connectivity index (χ4v) is 8.08. The molecule has 60 heavy (non-hydrogen) atoms. The monoisotopic (exact) mass is 844 g/mol. The number of carbonyl (C=O) groups excluding carboxylic acids is 2. The van der Waals surface area contributed by atoms with E-state index in [1.165, 1.54) is 141 Å². The van der Waals surface area contributed by atoms with Crippen LogP contribution in [0.4, 0.5) is 0 Å². The number of allylic oxidation sites excluding steroid dienone is 6. The van der Waals surface area contributed by atoms with Crippen LogP contribution in [0.15, 0.2) is 36.5 Å². The van der Waals surface area contributed by atoms with Gasteiger partial charge in [-0.2, -0.15) is 0 Å². The van der Waals surface area contributed by atoms with E-state index in [1.807, 2.05) is 0 Å². The van der Waals surface area contributed by atoms with E-state index >= 15 is 0 Å². The zero-order valence-corrected chi connectivity index (χ0v) is 40.1. The third kappa shape index (κ3) is 42.8. The summed E-state index contributed by atoms with van der Waals surface area (Å²) in [7, 11) is 0. The molecule has 0 saturated heterocycles. The van der Waals surface area contributed by atoms with Crippen LogP contribution in [0, 0.1) is 0 Å². The molecule has 0 spiro atoms. The van der Waals surface area contributed by atoms with Gasteiger partial charge < -0.3 is 20.3 Å². The van der Waals surface area contributed by atoms with Crippen molar-refractivity contribution in [3.05, 3.63) is 36.5 Å². The quantitative estimate of drug-likeness (QED) is 0.0322. The van der Waals surface area contributed by atoms with Gasteiger partial charge in [0.15, 0.2) is 0 Å². The number of rotatable bonds is 47. The van der Waals surface area contributed by atoms with Crippen LogP contribution < -0.4 is 5.32 Å². The van der Waals surface area contributed by atoms with Gasteiger partial charge in [0.2, 0.25) is 5.91 Å². The predicted octanol–water partition coefficient (Wildman–Crippen LogP) is 15.7. The highest BCUT2D eigenvalue weighted by Crippen LogP contribution is 2.18. The topological polar surface area (TPSA) is 95.9 Å². The van der Waals surface area contributed by atoms with E-state index in [4.69, 9.17) is 4.74 Å². The number of aliphatic hydroxyl groups is 2. The van der Waals surface area contributed by atoms with Crippen LogP contribution in [0.1, 0.15) is 271 Å². The minimum atomic E-state index is -0.790. The number of unbranched alkanes of at least 4 members (excludes halogenated alkanes) is 31. The highest BCUT2D eigenvalue weighted by molar-refractivity contribution is 5.77. The van der Waals surface area contributed by atoms with Gasteiger partial charge in [-0.05, 0) is 44.9 Å². The van der Waals surface area contributed by atoms with Crippen molar-refractivity contribution in [2.45, 2.75) is 289 Å². The second kappa shape index (κ2) is 48.1. The van der Waals surface area contributed by atoms with Crippen molar-refractivity contribution >= 4 is 11.9 Å². The minimum Gasteiger partial charge on any atom is -0.462 e. The Morgan fingerprint density at radius 2 is 0.900 bits per heavy atom. The third-order valence-electron chi connectivity index (χ3n) is 12.0. The second-order valence-corrected chi connectivity index (χ2v) is 18.0. The summed E-state index contributed by atoms with van der Waals surface area (Å²) >= 11 is 0. The van der Waals surface area contributed by atoms with Crippen molar-refractivity contribution in [1.29, 1.82) is 0 Å². The van der Waals surface area contributed by atoms with E-state index in [1.54, 1.807) is 0 Å². The van der Waals surface area contributed by atoms with Crippen molar-refractivity contribution in [2.75, 3.05) is 6.61 Å². The number of carbonyl (C=O) groups is 2. The van der Waals surface area contributed by atoms with Gasteiger partial charge >= 0.3 is 5.97 Å². The lowest BCUT2D eigenvalue weighted by molar-refractivity contribution is -0.151. The molecule has 0 heterocycles. The smallest absolute Gasteiger partial charge is 0.306 e. The van der Waals surface area contributed by atoms with Gasteiger partial charge in [0.05, 0.1) is 25.2 Å². The fourth-order valence-electron chi connectivity index (χ4n) is 8.08. The summed E-state index contributed by atoms with van der Waals surface area (Å²) in [5.41, 5.74) is 0. The van der Waals surface area contributed by atoms with Gasteiger partial charge in [-0.25, -0.2) is 0 Å². The van der Waals surface area contributed by atoms with Crippen molar-refractivity contribution < 1.29 is 24.5 Å². The zero-order valence-electron chi connectivity index (χ0n) is 40.1. The first-order chi connectivity index (χ1) is 29.5. The number of ether oxygens (including phenoxy) is 1. The molecule has 3 N–H and O–H groups in total. The van der Waals surface area contributed by atoms with Crippen molar-refractivity contribution in [3.63, 3.8) is 0 Å². The van der Waals surface area contributed by atoms with Gasteiger partial charge in [0.1, 0.15) is 6.10 Å². The average Bonchev–Trinajstić information content (AvgIpc) is 3.24. The molecule has 0 aliphatic rings. The Balaban J connectivity index is 4.54. The molecule has 0 saturated carbocycles. The summed E-state index contributed by atoms with van der Waals surface area (Å²) in [5, 5.41) is 23.7. The van der Waals surface area contributed by atoms with Crippen molar-refractivity contribution in [2.24, 2.45) is 0 Å². The predicted molar refractivity (Wildman–Crippen MR) is 259 cm³/mol. The second-order valence-electron chi connectivity index (χ2n) is 18.0. The maximum atomic E-state index is 13.2. The first-order valence-electron chi connectivity index (χ1n) is 26.2. The molecule has 0 aliphatic heterocycles. The average molecular weight is 844 g/mol. The maximum absolute atomic E-state index is 13.2. The van der Waals surface area contributed by atoms with Crippen molar-refractivity contribution in [3.8, 4) is 0 Å². The normalized spacial score (nSPS) is 13.5. The standard InChI is InChI=1S/C54H101NO5/c1-4-7-10-13-16-19-22-24-25-26-27-29-32-35-38-41-44-47-54(59)60-50(45-42-39-36-33-31-28-23-20-17-14-11-8-5-2)48-53(58)55-51(49-56)52(57)46-43-40-37-34-30-21-18-15-12-9-6-3/h8,11,14,17,20,23,50-52,56-57H,4-7,9-10,12-13,15-16,18-19,21-22,24-49H2,1-3H3,(H,55,58)/b11-8+,17-14+,23-20+. The minimum absolute atomic E-state index is 0.0677. The number of hydrogen-bond acceptors (Lipinski definition) is 5. The van der Waals surface area contributed by atoms with E-state index in [0.29, 0.717) is 19.3 Å². The number of hydrogen-bond donors (Lipinski definition) is 3. The van der Waals surface area contributed by atoms with Crippen molar-refractivity contribution in [1.82, 2.24) is 5.32 Å². The lowest BCUT2D eigenvalue weighted by Crippen LogP contribution is -2.46. The van der Waals surface area contributed by atoms with E-state index in [0.717, 1.165) is 83.5 Å². The maximum Gasteiger partial charge on any atom is 0.306 e. The van der Waals surface area contributed by atoms with Gasteiger partial charge in [-0.3, -0.25) is 9.59 Å². The van der Waals surface area contributed by atoms with Gasteiger partial charge in [-0.1, -0.05) is 250 Å². The zero-order chi connectivity index (χ0) is 43.8. The number of nitrogens with one attached hydrogen (secondary N) is 1. The Morgan fingerprint density at radius 1 is 0.500 bits per heavy atom. The molecular weight excluding hydrogens is 743 g/mol. The Bertz CT molecular complexity index is 993. The summed E-state index contributed by atoms with van der Waals surface area (Å²) in [5.74, 6) is -0.483. The van der Waals surface area contributed by atoms with Gasteiger partial charge in [0.25, 0.3) is 0 Å². The number of amides is 1. The summed E-state index contributed by atoms with van der Waals surface area (Å²) in [6.07, 6.45) is 56.4. The molecule has 0 fully saturated rings. The fraction of sp³-hybridized carbons (Fsp3) is 0.852. The Labute approximate surface area is 373 Å². The Hall–Kier alpha value is -1.92. The molecule has 0 aromatic rings. The molecule has 0 rings (SSSR count). The summed E-state index contributed by atoms with van der Waals surface area (Å²) in [6, 6.07) is -0.704. The Kier molecular flexibility index (Phi) is 46.6. The molecule has 0 bridgehead atoms. The van der Waals surface area contributed by atoms with Crippen LogP contribution in [-0.4, -0.2) is 46.9 Å². The van der Waals surface area contributed by atoms with E-state index < -0.39 is 18.2 Å². The molecule has 0 aliphatic carbocycles. The first kappa shape index (κ1) is 58.1. The molecule has 3 atom stereocenters. The molecule has 0 aromatic heterocycles. The molecule has 6 heteroatoms. The highest BCUT2D eigenvalue weighted by Gasteiger charge is 2.24. The molecular formula is C54H101NO5. The number of esters is 1. The van der Waals surface area contributed by atoms with Crippen LogP contribution in [-0.2, 0) is 14.3 Å². The van der Waals surface area contributed by atoms with Crippen LogP contribution in [0.5, 0.6) is 0 Å². The van der Waals surface area contributed by atoms with E-state index in [-0.39, 0.29) is 24.9 Å². The first-order valence-corrected chi connectivity index (χ1v) is 26.2. The molecule has 6 nitrogen and oxygen atoms in total. The molecule has 0 radical (unpaired) electrons. The van der Waals surface area contributed by atoms with Crippen LogP contribution >= 0.6 is 0 Å².